The average Bonchev–Trinajstić information content (AvgIpc) is 2.43. The van der Waals surface area contributed by atoms with Gasteiger partial charge in [-0.2, -0.15) is 0 Å². The fourth-order valence-corrected chi connectivity index (χ4v) is 1.43. The smallest absolute Gasteiger partial charge is 0.00258 e. The van der Waals surface area contributed by atoms with Crippen LogP contribution in [0.5, 0.6) is 0 Å². The van der Waals surface area contributed by atoms with Crippen LogP contribution in [-0.4, -0.2) is 0 Å². The Balaban J connectivity index is 0.000000465. The molecular weight excluding hydrogens is 228 g/mol. The van der Waals surface area contributed by atoms with Gasteiger partial charge in [0.1, 0.15) is 0 Å². The fourth-order valence-electron chi connectivity index (χ4n) is 1.43. The van der Waals surface area contributed by atoms with Gasteiger partial charge in [0.25, 0.3) is 0 Å². The summed E-state index contributed by atoms with van der Waals surface area (Å²) in [4.78, 5) is 0. The molecule has 2 rings (SSSR count). The predicted octanol–water partition coefficient (Wildman–Crippen LogP) is 5.66. The Hall–Kier alpha value is -2.08. The van der Waals surface area contributed by atoms with Crippen LogP contribution in [-0.2, 0) is 6.42 Å². The molecule has 0 spiro atoms. The van der Waals surface area contributed by atoms with Crippen molar-refractivity contribution in [3.8, 4) is 0 Å². The molecule has 0 aliphatic rings. The largest absolute Gasteiger partial charge is 0.103 e. The van der Waals surface area contributed by atoms with E-state index in [-0.39, 0.29) is 0 Å². The Morgan fingerprint density at radius 2 is 0.947 bits per heavy atom. The third-order valence-electron chi connectivity index (χ3n) is 2.09. The van der Waals surface area contributed by atoms with Gasteiger partial charge in [-0.05, 0) is 31.4 Å². The highest BCUT2D eigenvalue weighted by Crippen LogP contribution is 2.07. The van der Waals surface area contributed by atoms with E-state index in [1.807, 2.05) is 13.8 Å². The topological polar surface area (TPSA) is 0 Å². The van der Waals surface area contributed by atoms with Crippen molar-refractivity contribution >= 4 is 0 Å². The molecule has 0 heterocycles. The Morgan fingerprint density at radius 1 is 0.684 bits per heavy atom. The fraction of sp³-hybridized carbons (Fsp3) is 0.158. The monoisotopic (exact) mass is 252 g/mol. The molecule has 0 N–H and O–H groups in total. The number of hydrogen-bond acceptors (Lipinski definition) is 0. The van der Waals surface area contributed by atoms with Gasteiger partial charge >= 0.3 is 0 Å². The van der Waals surface area contributed by atoms with Gasteiger partial charge in [0.15, 0.2) is 0 Å². The summed E-state index contributed by atoms with van der Waals surface area (Å²) in [5.74, 6) is 0. The lowest BCUT2D eigenvalue weighted by Crippen LogP contribution is -1.85. The normalized spacial score (nSPS) is 8.11. The molecule has 0 heteroatoms. The van der Waals surface area contributed by atoms with Crippen molar-refractivity contribution in [3.05, 3.63) is 97.1 Å². The Labute approximate surface area is 118 Å². The van der Waals surface area contributed by atoms with Crippen LogP contribution in [0.2, 0.25) is 0 Å². The molecule has 0 fully saturated rings. The van der Waals surface area contributed by atoms with E-state index < -0.39 is 0 Å². The molecule has 0 aliphatic heterocycles. The maximum absolute atomic E-state index is 3.36. The summed E-state index contributed by atoms with van der Waals surface area (Å²) in [6.07, 6.45) is 4.53. The van der Waals surface area contributed by atoms with Gasteiger partial charge in [0.05, 0.1) is 0 Å². The van der Waals surface area contributed by atoms with E-state index in [9.17, 15) is 0 Å². The Kier molecular flexibility index (Phi) is 11.0. The molecule has 0 saturated heterocycles. The van der Waals surface area contributed by atoms with E-state index in [1.54, 1.807) is 12.2 Å². The third-order valence-corrected chi connectivity index (χ3v) is 2.09. The minimum absolute atomic E-state index is 1.03. The van der Waals surface area contributed by atoms with E-state index in [1.165, 1.54) is 11.1 Å². The van der Waals surface area contributed by atoms with Crippen molar-refractivity contribution in [1.29, 1.82) is 0 Å². The molecule has 0 aromatic heterocycles. The van der Waals surface area contributed by atoms with Crippen LogP contribution < -0.4 is 0 Å². The Bertz CT molecular complexity index is 383. The molecule has 0 saturated carbocycles. The molecule has 0 amide bonds. The highest BCUT2D eigenvalue weighted by molar-refractivity contribution is 5.25. The second-order valence-electron chi connectivity index (χ2n) is 3.96. The summed E-state index contributed by atoms with van der Waals surface area (Å²) < 4.78 is 0. The second kappa shape index (κ2) is 12.4. The summed E-state index contributed by atoms with van der Waals surface area (Å²) >= 11 is 0. The molecule has 2 aromatic carbocycles. The van der Waals surface area contributed by atoms with Gasteiger partial charge in [0.2, 0.25) is 0 Å². The maximum atomic E-state index is 3.36. The molecule has 2 aromatic rings. The summed E-state index contributed by atoms with van der Waals surface area (Å²) in [7, 11) is 0. The molecule has 0 aliphatic carbocycles. The first kappa shape index (κ1) is 16.9. The summed E-state index contributed by atoms with van der Waals surface area (Å²) in [5, 5.41) is 0. The molecule has 0 atom stereocenters. The van der Waals surface area contributed by atoms with Gasteiger partial charge in [-0.25, -0.2) is 0 Å². The minimum atomic E-state index is 1.03. The van der Waals surface area contributed by atoms with E-state index >= 15 is 0 Å². The molecular formula is C19H24. The van der Waals surface area contributed by atoms with Gasteiger partial charge in [-0.3, -0.25) is 0 Å². The lowest BCUT2D eigenvalue weighted by molar-refractivity contribution is 1.19. The van der Waals surface area contributed by atoms with Crippen LogP contribution in [0.15, 0.2) is 86.0 Å². The quantitative estimate of drug-likeness (QED) is 0.605. The summed E-state index contributed by atoms with van der Waals surface area (Å²) in [5.41, 5.74) is 2.74. The molecule has 19 heavy (non-hydrogen) atoms. The van der Waals surface area contributed by atoms with Crippen LogP contribution in [0.25, 0.3) is 0 Å². The van der Waals surface area contributed by atoms with Crippen LogP contribution in [0.1, 0.15) is 25.0 Å². The minimum Gasteiger partial charge on any atom is -0.103 e. The number of hydrogen-bond donors (Lipinski definition) is 0. The van der Waals surface area contributed by atoms with Crippen molar-refractivity contribution in [3.63, 3.8) is 0 Å². The molecule has 0 nitrogen and oxygen atoms in total. The van der Waals surface area contributed by atoms with Gasteiger partial charge < -0.3 is 0 Å². The average molecular weight is 252 g/mol. The summed E-state index contributed by atoms with van der Waals surface area (Å²) in [6, 6.07) is 21.1. The predicted molar refractivity (Wildman–Crippen MR) is 87.4 cm³/mol. The number of rotatable bonds is 2. The zero-order chi connectivity index (χ0) is 14.3. The Morgan fingerprint density at radius 3 is 1.21 bits per heavy atom. The number of benzene rings is 2. The van der Waals surface area contributed by atoms with Crippen molar-refractivity contribution in [2.24, 2.45) is 0 Å². The van der Waals surface area contributed by atoms with Crippen molar-refractivity contribution in [1.82, 2.24) is 0 Å². The molecule has 100 valence electrons. The zero-order valence-electron chi connectivity index (χ0n) is 12.0. The first-order valence-corrected chi connectivity index (χ1v) is 6.50. The van der Waals surface area contributed by atoms with Crippen LogP contribution >= 0.6 is 0 Å². The number of allylic oxidation sites excluding steroid dienone is 2. The van der Waals surface area contributed by atoms with Gasteiger partial charge in [-0.15, -0.1) is 13.2 Å². The summed E-state index contributed by atoms with van der Waals surface area (Å²) in [6.45, 7) is 10.5. The maximum Gasteiger partial charge on any atom is -0.00258 e. The van der Waals surface area contributed by atoms with Gasteiger partial charge in [-0.1, -0.05) is 72.8 Å². The molecule has 0 unspecified atom stereocenters. The van der Waals surface area contributed by atoms with Crippen LogP contribution in [0, 0.1) is 0 Å². The third kappa shape index (κ3) is 9.61. The van der Waals surface area contributed by atoms with Crippen molar-refractivity contribution < 1.29 is 0 Å². The SMILES string of the molecule is C=CC.C=CC.c1ccc(Cc2ccccc2)cc1. The lowest BCUT2D eigenvalue weighted by Gasteiger charge is -2.00. The van der Waals surface area contributed by atoms with E-state index in [0.29, 0.717) is 0 Å². The van der Waals surface area contributed by atoms with Crippen LogP contribution in [0.3, 0.4) is 0 Å². The molecule has 0 radical (unpaired) electrons. The highest BCUT2D eigenvalue weighted by atomic mass is 14.0. The second-order valence-corrected chi connectivity index (χ2v) is 3.96. The molecule has 0 bridgehead atoms. The lowest BCUT2D eigenvalue weighted by atomic mass is 10.1. The van der Waals surface area contributed by atoms with E-state index in [4.69, 9.17) is 0 Å². The zero-order valence-corrected chi connectivity index (χ0v) is 12.0. The van der Waals surface area contributed by atoms with Crippen LogP contribution in [0.4, 0.5) is 0 Å². The first-order valence-electron chi connectivity index (χ1n) is 6.50. The van der Waals surface area contributed by atoms with Crippen molar-refractivity contribution in [2.45, 2.75) is 20.3 Å². The van der Waals surface area contributed by atoms with Gasteiger partial charge in [0, 0.05) is 0 Å². The highest BCUT2D eigenvalue weighted by Gasteiger charge is 1.92. The standard InChI is InChI=1S/C13H12.2C3H6/c1-3-7-12(8-4-1)11-13-9-5-2-6-10-13;2*1-3-2/h1-10H,11H2;2*3H,1H2,2H3. The van der Waals surface area contributed by atoms with E-state index in [0.717, 1.165) is 6.42 Å². The van der Waals surface area contributed by atoms with E-state index in [2.05, 4.69) is 73.8 Å². The van der Waals surface area contributed by atoms with Crippen molar-refractivity contribution in [2.75, 3.05) is 0 Å². The first-order chi connectivity index (χ1) is 9.28.